The number of anilines is 1. The second-order valence-corrected chi connectivity index (χ2v) is 8.73. The summed E-state index contributed by atoms with van der Waals surface area (Å²) in [6.07, 6.45) is 0.774. The van der Waals surface area contributed by atoms with E-state index in [4.69, 9.17) is 4.98 Å². The highest BCUT2D eigenvalue weighted by Gasteiger charge is 2.19. The predicted octanol–water partition coefficient (Wildman–Crippen LogP) is 5.50. The first-order valence-electron chi connectivity index (χ1n) is 9.35. The molecule has 1 N–H and O–H groups in total. The fourth-order valence-electron chi connectivity index (χ4n) is 3.19. The second kappa shape index (κ2) is 8.71. The summed E-state index contributed by atoms with van der Waals surface area (Å²) >= 11 is 3.00. The number of aryl methyl sites for hydroxylation is 1. The largest absolute Gasteiger partial charge is 0.296 e. The van der Waals surface area contributed by atoms with Crippen LogP contribution in [0.3, 0.4) is 0 Å². The van der Waals surface area contributed by atoms with Gasteiger partial charge in [-0.1, -0.05) is 78.6 Å². The molecule has 0 saturated carbocycles. The van der Waals surface area contributed by atoms with Crippen LogP contribution in [-0.2, 0) is 12.2 Å². The van der Waals surface area contributed by atoms with Gasteiger partial charge in [0.2, 0.25) is 5.13 Å². The van der Waals surface area contributed by atoms with E-state index in [1.165, 1.54) is 16.9 Å². The van der Waals surface area contributed by atoms with Crippen LogP contribution in [0, 0.1) is 6.92 Å². The second-order valence-electron chi connectivity index (χ2n) is 6.53. The lowest BCUT2D eigenvalue weighted by molar-refractivity contribution is 0.102. The van der Waals surface area contributed by atoms with Crippen LogP contribution >= 0.6 is 23.1 Å². The highest BCUT2D eigenvalue weighted by Crippen LogP contribution is 2.30. The van der Waals surface area contributed by atoms with Crippen molar-refractivity contribution in [2.24, 2.45) is 0 Å². The van der Waals surface area contributed by atoms with Gasteiger partial charge >= 0.3 is 0 Å². The summed E-state index contributed by atoms with van der Waals surface area (Å²) in [7, 11) is 0. The molecule has 146 valence electrons. The molecular formula is C22H20N4OS2. The highest BCUT2D eigenvalue weighted by molar-refractivity contribution is 8.00. The van der Waals surface area contributed by atoms with Gasteiger partial charge in [-0.05, 0) is 30.5 Å². The molecule has 4 rings (SSSR count). The first-order valence-corrected chi connectivity index (χ1v) is 11.2. The number of pyridine rings is 1. The number of aromatic nitrogens is 3. The van der Waals surface area contributed by atoms with Gasteiger partial charge in [0, 0.05) is 16.8 Å². The molecule has 0 aliphatic carbocycles. The predicted molar refractivity (Wildman–Crippen MR) is 120 cm³/mol. The molecule has 0 saturated heterocycles. The molecule has 5 nitrogen and oxygen atoms in total. The van der Waals surface area contributed by atoms with Gasteiger partial charge in [-0.2, -0.15) is 0 Å². The normalized spacial score (nSPS) is 11.0. The van der Waals surface area contributed by atoms with Gasteiger partial charge in [0.1, 0.15) is 0 Å². The third-order valence-electron chi connectivity index (χ3n) is 4.63. The SMILES string of the molecule is CCc1nc2ccccc2c(C(=O)Nc2nnc(SCc3ccccc3)s2)c1C. The monoisotopic (exact) mass is 420 g/mol. The molecule has 0 aliphatic rings. The molecule has 0 fully saturated rings. The molecule has 1 amide bonds. The number of rotatable bonds is 6. The Bertz CT molecular complexity index is 1160. The number of nitrogens with zero attached hydrogens (tertiary/aromatic N) is 3. The lowest BCUT2D eigenvalue weighted by atomic mass is 9.99. The van der Waals surface area contributed by atoms with E-state index in [1.807, 2.05) is 56.3 Å². The molecule has 4 aromatic rings. The molecule has 2 aromatic carbocycles. The minimum atomic E-state index is -0.174. The minimum absolute atomic E-state index is 0.174. The number of fused-ring (bicyclic) bond motifs is 1. The molecule has 0 bridgehead atoms. The van der Waals surface area contributed by atoms with E-state index in [2.05, 4.69) is 27.6 Å². The topological polar surface area (TPSA) is 67.8 Å². The number of hydrogen-bond donors (Lipinski definition) is 1. The average molecular weight is 421 g/mol. The third-order valence-corrected chi connectivity index (χ3v) is 6.67. The maximum Gasteiger partial charge on any atom is 0.258 e. The van der Waals surface area contributed by atoms with E-state index >= 15 is 0 Å². The van der Waals surface area contributed by atoms with Crippen molar-refractivity contribution in [3.63, 3.8) is 0 Å². The Balaban J connectivity index is 1.54. The van der Waals surface area contributed by atoms with Gasteiger partial charge in [0.15, 0.2) is 4.34 Å². The third kappa shape index (κ3) is 4.31. The average Bonchev–Trinajstić information content (AvgIpc) is 3.19. The Kier molecular flexibility index (Phi) is 5.87. The fraction of sp³-hybridized carbons (Fsp3) is 0.182. The van der Waals surface area contributed by atoms with Gasteiger partial charge in [0.05, 0.1) is 11.1 Å². The van der Waals surface area contributed by atoms with E-state index in [9.17, 15) is 4.79 Å². The summed E-state index contributed by atoms with van der Waals surface area (Å²) in [4.78, 5) is 17.8. The van der Waals surface area contributed by atoms with E-state index < -0.39 is 0 Å². The first kappa shape index (κ1) is 19.5. The quantitative estimate of drug-likeness (QED) is 0.329. The van der Waals surface area contributed by atoms with Gasteiger partial charge in [-0.3, -0.25) is 15.1 Å². The number of thioether (sulfide) groups is 1. The van der Waals surface area contributed by atoms with Crippen molar-refractivity contribution in [1.82, 2.24) is 15.2 Å². The van der Waals surface area contributed by atoms with Gasteiger partial charge in [-0.25, -0.2) is 0 Å². The van der Waals surface area contributed by atoms with Crippen LogP contribution in [0.25, 0.3) is 10.9 Å². The van der Waals surface area contributed by atoms with Crippen LogP contribution in [0.1, 0.15) is 34.1 Å². The molecule has 0 atom stereocenters. The van der Waals surface area contributed by atoms with Crippen molar-refractivity contribution >= 4 is 45.0 Å². The van der Waals surface area contributed by atoms with Crippen LogP contribution in [0.5, 0.6) is 0 Å². The zero-order valence-electron chi connectivity index (χ0n) is 16.2. The number of carbonyl (C=O) groups excluding carboxylic acids is 1. The van der Waals surface area contributed by atoms with Crippen LogP contribution < -0.4 is 5.32 Å². The van der Waals surface area contributed by atoms with Crippen molar-refractivity contribution in [1.29, 1.82) is 0 Å². The number of benzene rings is 2. The molecule has 0 spiro atoms. The van der Waals surface area contributed by atoms with Crippen LogP contribution in [0.15, 0.2) is 58.9 Å². The molecule has 2 aromatic heterocycles. The zero-order chi connectivity index (χ0) is 20.2. The van der Waals surface area contributed by atoms with Crippen LogP contribution in [0.2, 0.25) is 0 Å². The lowest BCUT2D eigenvalue weighted by Crippen LogP contribution is -2.15. The smallest absolute Gasteiger partial charge is 0.258 e. The molecule has 0 radical (unpaired) electrons. The van der Waals surface area contributed by atoms with E-state index in [1.54, 1.807) is 11.8 Å². The summed E-state index contributed by atoms with van der Waals surface area (Å²) in [5.74, 6) is 0.642. The van der Waals surface area contributed by atoms with E-state index in [-0.39, 0.29) is 5.91 Å². The summed E-state index contributed by atoms with van der Waals surface area (Å²) in [5.41, 5.74) is 4.55. The Morgan fingerprint density at radius 1 is 1.07 bits per heavy atom. The Morgan fingerprint density at radius 3 is 2.62 bits per heavy atom. The maximum absolute atomic E-state index is 13.1. The molecule has 29 heavy (non-hydrogen) atoms. The van der Waals surface area contributed by atoms with Crippen molar-refractivity contribution in [2.75, 3.05) is 5.32 Å². The molecular weight excluding hydrogens is 400 g/mol. The van der Waals surface area contributed by atoms with Crippen molar-refractivity contribution < 1.29 is 4.79 Å². The molecule has 0 aliphatic heterocycles. The number of amides is 1. The van der Waals surface area contributed by atoms with Crippen LogP contribution in [0.4, 0.5) is 5.13 Å². The Hall–Kier alpha value is -2.77. The van der Waals surface area contributed by atoms with Crippen molar-refractivity contribution in [3.8, 4) is 0 Å². The highest BCUT2D eigenvalue weighted by atomic mass is 32.2. The summed E-state index contributed by atoms with van der Waals surface area (Å²) in [5, 5.41) is 12.6. The van der Waals surface area contributed by atoms with Crippen molar-refractivity contribution in [2.45, 2.75) is 30.4 Å². The molecule has 0 unspecified atom stereocenters. The van der Waals surface area contributed by atoms with Crippen molar-refractivity contribution in [3.05, 3.63) is 77.0 Å². The first-order chi connectivity index (χ1) is 14.2. The number of para-hydroxylation sites is 1. The number of carbonyl (C=O) groups is 1. The summed E-state index contributed by atoms with van der Waals surface area (Å²) < 4.78 is 0.828. The van der Waals surface area contributed by atoms with Gasteiger partial charge < -0.3 is 0 Å². The number of hydrogen-bond acceptors (Lipinski definition) is 6. The Morgan fingerprint density at radius 2 is 1.83 bits per heavy atom. The molecule has 2 heterocycles. The standard InChI is InChI=1S/C22H20N4OS2/c1-3-17-14(2)19(16-11-7-8-12-18(16)23-17)20(27)24-21-25-26-22(29-21)28-13-15-9-5-4-6-10-15/h4-12H,3,13H2,1-2H3,(H,24,25,27). The minimum Gasteiger partial charge on any atom is -0.296 e. The summed E-state index contributed by atoms with van der Waals surface area (Å²) in [6.45, 7) is 4.00. The Labute approximate surface area is 177 Å². The van der Waals surface area contributed by atoms with Gasteiger partial charge in [0.25, 0.3) is 5.91 Å². The maximum atomic E-state index is 13.1. The molecule has 7 heteroatoms. The van der Waals surface area contributed by atoms with E-state index in [0.29, 0.717) is 10.7 Å². The summed E-state index contributed by atoms with van der Waals surface area (Å²) in [6, 6.07) is 17.9. The lowest BCUT2D eigenvalue weighted by Gasteiger charge is -2.12. The van der Waals surface area contributed by atoms with Gasteiger partial charge in [-0.15, -0.1) is 10.2 Å². The zero-order valence-corrected chi connectivity index (χ0v) is 17.8. The van der Waals surface area contributed by atoms with E-state index in [0.717, 1.165) is 38.7 Å². The number of nitrogens with one attached hydrogen (secondary N) is 1. The fourth-order valence-corrected chi connectivity index (χ4v) is 4.90. The van der Waals surface area contributed by atoms with Crippen LogP contribution in [-0.4, -0.2) is 21.1 Å².